The molecule has 1 N–H and O–H groups in total. The lowest BCUT2D eigenvalue weighted by Gasteiger charge is -2.23. The SMILES string of the molecule is Cc1cccc(NC(=O)CN2C(=O)CCCc3cc(S(=O)(=O)N4CCCC4)ccc32)c1. The normalized spacial score (nSPS) is 17.3. The van der Waals surface area contributed by atoms with Crippen LogP contribution in [0, 0.1) is 6.92 Å². The molecule has 0 unspecified atom stereocenters. The molecule has 2 aromatic carbocycles. The second-order valence-corrected chi connectivity index (χ2v) is 10.1. The van der Waals surface area contributed by atoms with Gasteiger partial charge in [-0.15, -0.1) is 0 Å². The highest BCUT2D eigenvalue weighted by Gasteiger charge is 2.30. The standard InChI is InChI=1S/C23H27N3O4S/c1-17-6-4-8-19(14-17)24-22(27)16-26-21-11-10-20(15-18(21)7-5-9-23(26)28)31(29,30)25-12-2-3-13-25/h4,6,8,10-11,14-15H,2-3,5,7,9,12-13,16H2,1H3,(H,24,27). The number of sulfonamides is 1. The molecule has 2 aromatic rings. The van der Waals surface area contributed by atoms with Crippen molar-refractivity contribution in [3.05, 3.63) is 53.6 Å². The smallest absolute Gasteiger partial charge is 0.244 e. The Kier molecular flexibility index (Phi) is 6.11. The fourth-order valence-electron chi connectivity index (χ4n) is 4.20. The molecule has 0 aliphatic carbocycles. The summed E-state index contributed by atoms with van der Waals surface area (Å²) in [6.45, 7) is 2.92. The molecule has 0 atom stereocenters. The number of carbonyl (C=O) groups excluding carboxylic acids is 2. The first-order valence-corrected chi connectivity index (χ1v) is 12.1. The van der Waals surface area contributed by atoms with Crippen molar-refractivity contribution in [3.8, 4) is 0 Å². The fraction of sp³-hybridized carbons (Fsp3) is 0.391. The minimum Gasteiger partial charge on any atom is -0.325 e. The largest absolute Gasteiger partial charge is 0.325 e. The molecular formula is C23H27N3O4S. The number of amides is 2. The molecule has 1 fully saturated rings. The fourth-order valence-corrected chi connectivity index (χ4v) is 5.77. The number of carbonyl (C=O) groups is 2. The molecule has 0 radical (unpaired) electrons. The van der Waals surface area contributed by atoms with Gasteiger partial charge in [0.25, 0.3) is 0 Å². The molecule has 7 nitrogen and oxygen atoms in total. The Bertz CT molecular complexity index is 1110. The summed E-state index contributed by atoms with van der Waals surface area (Å²) in [6.07, 6.45) is 3.29. The monoisotopic (exact) mass is 441 g/mol. The Morgan fingerprint density at radius 2 is 1.81 bits per heavy atom. The summed E-state index contributed by atoms with van der Waals surface area (Å²) >= 11 is 0. The van der Waals surface area contributed by atoms with Crippen LogP contribution in [0.1, 0.15) is 36.8 Å². The van der Waals surface area contributed by atoms with Crippen molar-refractivity contribution in [1.82, 2.24) is 4.31 Å². The average molecular weight is 442 g/mol. The van der Waals surface area contributed by atoms with E-state index in [4.69, 9.17) is 0 Å². The van der Waals surface area contributed by atoms with E-state index in [9.17, 15) is 18.0 Å². The van der Waals surface area contributed by atoms with Gasteiger partial charge in [-0.05, 0) is 74.1 Å². The average Bonchev–Trinajstić information content (AvgIpc) is 3.23. The Hall–Kier alpha value is -2.71. The van der Waals surface area contributed by atoms with E-state index in [-0.39, 0.29) is 23.3 Å². The van der Waals surface area contributed by atoms with Gasteiger partial charge in [0.05, 0.1) is 4.90 Å². The summed E-state index contributed by atoms with van der Waals surface area (Å²) in [5.41, 5.74) is 3.11. The summed E-state index contributed by atoms with van der Waals surface area (Å²) < 4.78 is 27.4. The van der Waals surface area contributed by atoms with Crippen molar-refractivity contribution in [2.24, 2.45) is 0 Å². The van der Waals surface area contributed by atoms with Gasteiger partial charge in [-0.3, -0.25) is 9.59 Å². The molecule has 0 saturated carbocycles. The maximum Gasteiger partial charge on any atom is 0.244 e. The maximum absolute atomic E-state index is 12.9. The van der Waals surface area contributed by atoms with Crippen molar-refractivity contribution in [3.63, 3.8) is 0 Å². The number of nitrogens with zero attached hydrogens (tertiary/aromatic N) is 2. The van der Waals surface area contributed by atoms with Crippen LogP contribution in [-0.4, -0.2) is 44.2 Å². The second kappa shape index (κ2) is 8.80. The summed E-state index contributed by atoms with van der Waals surface area (Å²) in [7, 11) is -3.53. The first-order valence-electron chi connectivity index (χ1n) is 10.6. The van der Waals surface area contributed by atoms with Crippen LogP contribution in [0.5, 0.6) is 0 Å². The molecule has 2 aliphatic heterocycles. The highest BCUT2D eigenvalue weighted by molar-refractivity contribution is 7.89. The van der Waals surface area contributed by atoms with E-state index in [2.05, 4.69) is 5.32 Å². The van der Waals surface area contributed by atoms with Gasteiger partial charge < -0.3 is 10.2 Å². The Morgan fingerprint density at radius 3 is 2.55 bits per heavy atom. The Morgan fingerprint density at radius 1 is 1.03 bits per heavy atom. The molecule has 2 heterocycles. The first kappa shape index (κ1) is 21.5. The van der Waals surface area contributed by atoms with E-state index in [0.717, 1.165) is 24.0 Å². The van der Waals surface area contributed by atoms with Crippen LogP contribution in [-0.2, 0) is 26.0 Å². The molecular weight excluding hydrogens is 414 g/mol. The van der Waals surface area contributed by atoms with E-state index in [0.29, 0.717) is 43.7 Å². The van der Waals surface area contributed by atoms with E-state index in [1.54, 1.807) is 24.3 Å². The van der Waals surface area contributed by atoms with Gasteiger partial charge >= 0.3 is 0 Å². The third kappa shape index (κ3) is 4.65. The van der Waals surface area contributed by atoms with Crippen molar-refractivity contribution >= 4 is 33.2 Å². The highest BCUT2D eigenvalue weighted by Crippen LogP contribution is 2.31. The lowest BCUT2D eigenvalue weighted by molar-refractivity contribution is -0.121. The van der Waals surface area contributed by atoms with Crippen molar-refractivity contribution in [2.45, 2.75) is 43.9 Å². The Labute approximate surface area is 183 Å². The zero-order valence-corrected chi connectivity index (χ0v) is 18.5. The van der Waals surface area contributed by atoms with Crippen LogP contribution in [0.15, 0.2) is 47.4 Å². The van der Waals surface area contributed by atoms with Gasteiger partial charge in [-0.2, -0.15) is 4.31 Å². The van der Waals surface area contributed by atoms with Crippen LogP contribution in [0.3, 0.4) is 0 Å². The van der Waals surface area contributed by atoms with Crippen LogP contribution in [0.2, 0.25) is 0 Å². The summed E-state index contributed by atoms with van der Waals surface area (Å²) in [6, 6.07) is 12.4. The minimum atomic E-state index is -3.53. The molecule has 8 heteroatoms. The maximum atomic E-state index is 12.9. The predicted octanol–water partition coefficient (Wildman–Crippen LogP) is 3.09. The summed E-state index contributed by atoms with van der Waals surface area (Å²) in [4.78, 5) is 27.1. The van der Waals surface area contributed by atoms with Crippen LogP contribution in [0.25, 0.3) is 0 Å². The predicted molar refractivity (Wildman–Crippen MR) is 120 cm³/mol. The van der Waals surface area contributed by atoms with Gasteiger partial charge in [0.15, 0.2) is 0 Å². The van der Waals surface area contributed by atoms with Gasteiger partial charge in [0.1, 0.15) is 6.54 Å². The molecule has 2 amide bonds. The number of nitrogens with one attached hydrogen (secondary N) is 1. The molecule has 31 heavy (non-hydrogen) atoms. The van der Waals surface area contributed by atoms with Crippen LogP contribution < -0.4 is 10.2 Å². The number of aryl methyl sites for hydroxylation is 2. The van der Waals surface area contributed by atoms with Crippen LogP contribution in [0.4, 0.5) is 11.4 Å². The lowest BCUT2D eigenvalue weighted by atomic mass is 10.1. The number of rotatable bonds is 5. The van der Waals surface area contributed by atoms with Crippen molar-refractivity contribution < 1.29 is 18.0 Å². The van der Waals surface area contributed by atoms with E-state index in [1.165, 1.54) is 9.21 Å². The van der Waals surface area contributed by atoms with Gasteiger partial charge in [-0.25, -0.2) is 8.42 Å². The first-order chi connectivity index (χ1) is 14.8. The molecule has 164 valence electrons. The summed E-state index contributed by atoms with van der Waals surface area (Å²) in [5, 5.41) is 2.84. The minimum absolute atomic E-state index is 0.113. The van der Waals surface area contributed by atoms with E-state index in [1.807, 2.05) is 25.1 Å². The number of benzene rings is 2. The van der Waals surface area contributed by atoms with E-state index >= 15 is 0 Å². The molecule has 1 saturated heterocycles. The molecule has 4 rings (SSSR count). The van der Waals surface area contributed by atoms with Crippen molar-refractivity contribution in [1.29, 1.82) is 0 Å². The molecule has 0 bridgehead atoms. The number of fused-ring (bicyclic) bond motifs is 1. The second-order valence-electron chi connectivity index (χ2n) is 8.15. The van der Waals surface area contributed by atoms with Crippen LogP contribution >= 0.6 is 0 Å². The molecule has 2 aliphatic rings. The van der Waals surface area contributed by atoms with Crippen molar-refractivity contribution in [2.75, 3.05) is 29.9 Å². The van der Waals surface area contributed by atoms with Gasteiger partial charge in [-0.1, -0.05) is 12.1 Å². The molecule has 0 aromatic heterocycles. The van der Waals surface area contributed by atoms with Gasteiger partial charge in [0.2, 0.25) is 21.8 Å². The molecule has 0 spiro atoms. The Balaban J connectivity index is 1.58. The zero-order chi connectivity index (χ0) is 22.0. The summed E-state index contributed by atoms with van der Waals surface area (Å²) in [5.74, 6) is -0.422. The topological polar surface area (TPSA) is 86.8 Å². The number of hydrogen-bond donors (Lipinski definition) is 1. The highest BCUT2D eigenvalue weighted by atomic mass is 32.2. The number of anilines is 2. The third-order valence-electron chi connectivity index (χ3n) is 5.79. The van der Waals surface area contributed by atoms with E-state index < -0.39 is 10.0 Å². The van der Waals surface area contributed by atoms with Gasteiger partial charge in [0, 0.05) is 30.9 Å². The third-order valence-corrected chi connectivity index (χ3v) is 7.68. The number of hydrogen-bond acceptors (Lipinski definition) is 4. The quantitative estimate of drug-likeness (QED) is 0.773. The lowest BCUT2D eigenvalue weighted by Crippen LogP contribution is -2.37. The zero-order valence-electron chi connectivity index (χ0n) is 17.6.